The number of carbonyl (C=O) groups excluding carboxylic acids is 2. The van der Waals surface area contributed by atoms with Crippen LogP contribution < -0.4 is 10.1 Å². The first-order valence-electron chi connectivity index (χ1n) is 9.24. The molecule has 1 atom stereocenters. The zero-order chi connectivity index (χ0) is 19.9. The number of nitrogens with zero attached hydrogens (tertiary/aromatic N) is 2. The van der Waals surface area contributed by atoms with E-state index < -0.39 is 0 Å². The highest BCUT2D eigenvalue weighted by Gasteiger charge is 2.28. The maximum absolute atomic E-state index is 12.6. The fourth-order valence-electron chi connectivity index (χ4n) is 3.31. The number of nitrogens with one attached hydrogen (secondary N) is 1. The molecular formula is C20H25N3O4S. The molecule has 0 unspecified atom stereocenters. The second-order valence-electron chi connectivity index (χ2n) is 6.66. The lowest BCUT2D eigenvalue weighted by molar-refractivity contribution is -0.139. The first-order chi connectivity index (χ1) is 13.6. The molecular weight excluding hydrogens is 378 g/mol. The summed E-state index contributed by atoms with van der Waals surface area (Å²) in [5.41, 5.74) is 1.76. The van der Waals surface area contributed by atoms with Crippen molar-refractivity contribution in [3.63, 3.8) is 0 Å². The van der Waals surface area contributed by atoms with Crippen molar-refractivity contribution < 1.29 is 19.1 Å². The number of methoxy groups -OCH3 is 2. The lowest BCUT2D eigenvalue weighted by atomic mass is 9.97. The van der Waals surface area contributed by atoms with E-state index in [1.54, 1.807) is 12.0 Å². The van der Waals surface area contributed by atoms with E-state index >= 15 is 0 Å². The van der Waals surface area contributed by atoms with Crippen LogP contribution >= 0.6 is 11.3 Å². The smallest absolute Gasteiger partial charge is 0.248 e. The Morgan fingerprint density at radius 3 is 2.93 bits per heavy atom. The van der Waals surface area contributed by atoms with Gasteiger partial charge in [-0.05, 0) is 25.0 Å². The molecule has 0 aliphatic carbocycles. The fourth-order valence-corrected chi connectivity index (χ4v) is 4.05. The Labute approximate surface area is 168 Å². The van der Waals surface area contributed by atoms with Crippen LogP contribution in [0.3, 0.4) is 0 Å². The topological polar surface area (TPSA) is 80.8 Å². The van der Waals surface area contributed by atoms with Gasteiger partial charge in [-0.15, -0.1) is 11.3 Å². The molecule has 1 aromatic carbocycles. The molecule has 1 fully saturated rings. The summed E-state index contributed by atoms with van der Waals surface area (Å²) >= 11 is 1.50. The van der Waals surface area contributed by atoms with E-state index in [-0.39, 0.29) is 24.3 Å². The molecule has 2 heterocycles. The number of piperidine rings is 1. The van der Waals surface area contributed by atoms with E-state index in [4.69, 9.17) is 9.47 Å². The number of ether oxygens (including phenoxy) is 2. The summed E-state index contributed by atoms with van der Waals surface area (Å²) in [6.45, 7) is 1.55. The van der Waals surface area contributed by atoms with Gasteiger partial charge in [0.05, 0.1) is 25.3 Å². The second kappa shape index (κ2) is 9.66. The van der Waals surface area contributed by atoms with Gasteiger partial charge in [0.1, 0.15) is 17.4 Å². The maximum Gasteiger partial charge on any atom is 0.248 e. The molecule has 1 aliphatic rings. The van der Waals surface area contributed by atoms with Gasteiger partial charge < -0.3 is 19.7 Å². The first kappa shape index (κ1) is 20.3. The van der Waals surface area contributed by atoms with E-state index in [2.05, 4.69) is 10.3 Å². The molecule has 1 aliphatic heterocycles. The van der Waals surface area contributed by atoms with E-state index in [0.717, 1.165) is 34.9 Å². The number of thiazole rings is 1. The van der Waals surface area contributed by atoms with Gasteiger partial charge in [-0.2, -0.15) is 0 Å². The summed E-state index contributed by atoms with van der Waals surface area (Å²) < 4.78 is 10.3. The van der Waals surface area contributed by atoms with E-state index in [0.29, 0.717) is 19.6 Å². The molecule has 1 aromatic heterocycles. The quantitative estimate of drug-likeness (QED) is 0.767. The third-order valence-corrected chi connectivity index (χ3v) is 5.61. The molecule has 1 saturated heterocycles. The molecule has 150 valence electrons. The van der Waals surface area contributed by atoms with E-state index in [9.17, 15) is 9.59 Å². The monoisotopic (exact) mass is 403 g/mol. The lowest BCUT2D eigenvalue weighted by Crippen LogP contribution is -2.46. The second-order valence-corrected chi connectivity index (χ2v) is 7.60. The zero-order valence-electron chi connectivity index (χ0n) is 16.1. The van der Waals surface area contributed by atoms with Crippen molar-refractivity contribution in [1.29, 1.82) is 0 Å². The van der Waals surface area contributed by atoms with Crippen molar-refractivity contribution in [2.75, 3.05) is 33.9 Å². The van der Waals surface area contributed by atoms with E-state index in [1.807, 2.05) is 29.6 Å². The van der Waals surface area contributed by atoms with Gasteiger partial charge in [0.2, 0.25) is 11.8 Å². The van der Waals surface area contributed by atoms with Crippen molar-refractivity contribution in [2.45, 2.75) is 19.4 Å². The van der Waals surface area contributed by atoms with Gasteiger partial charge in [-0.1, -0.05) is 12.1 Å². The molecule has 3 rings (SSSR count). The van der Waals surface area contributed by atoms with Crippen LogP contribution in [0.15, 0.2) is 29.6 Å². The van der Waals surface area contributed by atoms with Crippen LogP contribution in [0.25, 0.3) is 11.3 Å². The molecule has 28 heavy (non-hydrogen) atoms. The highest BCUT2D eigenvalue weighted by Crippen LogP contribution is 2.30. The van der Waals surface area contributed by atoms with Crippen LogP contribution in [0.4, 0.5) is 0 Å². The van der Waals surface area contributed by atoms with Crippen molar-refractivity contribution in [1.82, 2.24) is 15.2 Å². The van der Waals surface area contributed by atoms with Crippen LogP contribution in [0.1, 0.15) is 17.8 Å². The van der Waals surface area contributed by atoms with Crippen LogP contribution in [-0.4, -0.2) is 55.6 Å². The number of hydrogen-bond donors (Lipinski definition) is 1. The standard InChI is InChI=1S/C20H25N3O4S/c1-26-12-19(24)23-9-5-6-14(11-23)20(25)21-10-18-22-16(13-28-18)15-7-3-4-8-17(15)27-2/h3-4,7-8,13-14H,5-6,9-12H2,1-2H3,(H,21,25)/t14-/m0/s1. The number of aromatic nitrogens is 1. The van der Waals surface area contributed by atoms with Gasteiger partial charge in [0.15, 0.2) is 0 Å². The van der Waals surface area contributed by atoms with Crippen molar-refractivity contribution in [3.8, 4) is 17.0 Å². The summed E-state index contributed by atoms with van der Waals surface area (Å²) in [6.07, 6.45) is 1.61. The minimum absolute atomic E-state index is 0.0380. The summed E-state index contributed by atoms with van der Waals surface area (Å²) in [5.74, 6) is 0.472. The molecule has 2 amide bonds. The average molecular weight is 404 g/mol. The summed E-state index contributed by atoms with van der Waals surface area (Å²) in [6, 6.07) is 7.72. The Kier molecular flexibility index (Phi) is 7.00. The zero-order valence-corrected chi connectivity index (χ0v) is 17.0. The van der Waals surface area contributed by atoms with Crippen LogP contribution in [0.5, 0.6) is 5.75 Å². The van der Waals surface area contributed by atoms with Crippen LogP contribution in [-0.2, 0) is 20.9 Å². The summed E-state index contributed by atoms with van der Waals surface area (Å²) in [7, 11) is 3.14. The third-order valence-electron chi connectivity index (χ3n) is 4.76. The molecule has 0 saturated carbocycles. The van der Waals surface area contributed by atoms with Crippen LogP contribution in [0, 0.1) is 5.92 Å². The largest absolute Gasteiger partial charge is 0.496 e. The predicted octanol–water partition coefficient (Wildman–Crippen LogP) is 2.32. The Morgan fingerprint density at radius 1 is 1.32 bits per heavy atom. The van der Waals surface area contributed by atoms with Gasteiger partial charge in [0, 0.05) is 31.1 Å². The number of benzene rings is 1. The first-order valence-corrected chi connectivity index (χ1v) is 10.1. The molecule has 0 bridgehead atoms. The lowest BCUT2D eigenvalue weighted by Gasteiger charge is -2.31. The molecule has 2 aromatic rings. The van der Waals surface area contributed by atoms with Gasteiger partial charge in [0.25, 0.3) is 0 Å². The van der Waals surface area contributed by atoms with Crippen molar-refractivity contribution in [3.05, 3.63) is 34.7 Å². The minimum atomic E-state index is -0.191. The van der Waals surface area contributed by atoms with Crippen LogP contribution in [0.2, 0.25) is 0 Å². The minimum Gasteiger partial charge on any atom is -0.496 e. The highest BCUT2D eigenvalue weighted by atomic mass is 32.1. The van der Waals surface area contributed by atoms with Gasteiger partial charge in [-0.25, -0.2) is 4.98 Å². The van der Waals surface area contributed by atoms with Gasteiger partial charge in [-0.3, -0.25) is 9.59 Å². The Bertz CT molecular complexity index is 823. The van der Waals surface area contributed by atoms with Gasteiger partial charge >= 0.3 is 0 Å². The Morgan fingerprint density at radius 2 is 2.14 bits per heavy atom. The molecule has 8 heteroatoms. The van der Waals surface area contributed by atoms with E-state index in [1.165, 1.54) is 18.4 Å². The third kappa shape index (κ3) is 4.88. The summed E-state index contributed by atoms with van der Waals surface area (Å²) in [4.78, 5) is 30.9. The molecule has 0 spiro atoms. The highest BCUT2D eigenvalue weighted by molar-refractivity contribution is 7.09. The predicted molar refractivity (Wildman–Crippen MR) is 107 cm³/mol. The fraction of sp³-hybridized carbons (Fsp3) is 0.450. The van der Waals surface area contributed by atoms with Crippen molar-refractivity contribution in [2.24, 2.45) is 5.92 Å². The Balaban J connectivity index is 1.56. The number of rotatable bonds is 7. The average Bonchev–Trinajstić information content (AvgIpc) is 3.21. The Hall–Kier alpha value is -2.45. The maximum atomic E-state index is 12.6. The normalized spacial score (nSPS) is 16.6. The number of amides is 2. The number of para-hydroxylation sites is 1. The summed E-state index contributed by atoms with van der Waals surface area (Å²) in [5, 5.41) is 5.76. The molecule has 1 N–H and O–H groups in total. The van der Waals surface area contributed by atoms with Crippen molar-refractivity contribution >= 4 is 23.2 Å². The number of carbonyl (C=O) groups is 2. The molecule has 7 nitrogen and oxygen atoms in total. The number of likely N-dealkylation sites (tertiary alicyclic amines) is 1. The molecule has 0 radical (unpaired) electrons. The number of hydrogen-bond acceptors (Lipinski definition) is 6. The SMILES string of the molecule is COCC(=O)N1CCC[C@H](C(=O)NCc2nc(-c3ccccc3OC)cs2)C1.